The van der Waals surface area contributed by atoms with E-state index in [0.717, 1.165) is 12.8 Å². The molecule has 8 heteroatoms. The van der Waals surface area contributed by atoms with E-state index in [-0.39, 0.29) is 28.8 Å². The van der Waals surface area contributed by atoms with Gasteiger partial charge in [-0.2, -0.15) is 13.1 Å². The van der Waals surface area contributed by atoms with Crippen molar-refractivity contribution in [1.82, 2.24) is 4.31 Å². The smallest absolute Gasteiger partial charge is 0.387 e. The topological polar surface area (TPSA) is 72.6 Å². The molecule has 2 bridgehead atoms. The Balaban J connectivity index is 1.84. The molecule has 2 N–H and O–H groups in total. The van der Waals surface area contributed by atoms with Gasteiger partial charge >= 0.3 is 6.61 Å². The summed E-state index contributed by atoms with van der Waals surface area (Å²) in [6.07, 6.45) is 2.99. The summed E-state index contributed by atoms with van der Waals surface area (Å²) in [5.74, 6) is -0.0578. The van der Waals surface area contributed by atoms with Crippen molar-refractivity contribution >= 4 is 10.0 Å². The fraction of sp³-hybridized carbons (Fsp3) is 0.571. The van der Waals surface area contributed by atoms with Crippen LogP contribution in [-0.2, 0) is 10.0 Å². The van der Waals surface area contributed by atoms with Gasteiger partial charge in [0.2, 0.25) is 10.0 Å². The molecule has 2 aliphatic rings. The molecule has 2 fully saturated rings. The van der Waals surface area contributed by atoms with Gasteiger partial charge in [-0.3, -0.25) is 0 Å². The minimum absolute atomic E-state index is 0.0470. The summed E-state index contributed by atoms with van der Waals surface area (Å²) in [5, 5.41) is 0. The summed E-state index contributed by atoms with van der Waals surface area (Å²) in [6.45, 7) is -2.93. The Morgan fingerprint density at radius 2 is 1.68 bits per heavy atom. The minimum Gasteiger partial charge on any atom is -0.435 e. The van der Waals surface area contributed by atoms with E-state index in [4.69, 9.17) is 5.73 Å². The van der Waals surface area contributed by atoms with Crippen LogP contribution in [0.5, 0.6) is 5.75 Å². The van der Waals surface area contributed by atoms with Gasteiger partial charge in [-0.25, -0.2) is 8.42 Å². The van der Waals surface area contributed by atoms with Gasteiger partial charge in [-0.05, 0) is 49.9 Å². The highest BCUT2D eigenvalue weighted by atomic mass is 32.2. The first-order chi connectivity index (χ1) is 10.4. The summed E-state index contributed by atoms with van der Waals surface area (Å²) in [4.78, 5) is 0.0986. The van der Waals surface area contributed by atoms with Crippen LogP contribution in [0.1, 0.15) is 25.7 Å². The number of alkyl halides is 2. The number of piperidine rings is 1. The maximum atomic E-state index is 12.8. The van der Waals surface area contributed by atoms with Gasteiger partial charge < -0.3 is 10.5 Å². The highest BCUT2D eigenvalue weighted by Gasteiger charge is 2.46. The second-order valence-corrected chi connectivity index (χ2v) is 7.64. The minimum atomic E-state index is -3.63. The first kappa shape index (κ1) is 15.6. The Kier molecular flexibility index (Phi) is 4.09. The molecule has 0 radical (unpaired) electrons. The van der Waals surface area contributed by atoms with Crippen molar-refractivity contribution in [3.05, 3.63) is 24.3 Å². The van der Waals surface area contributed by atoms with E-state index < -0.39 is 16.6 Å². The Bertz CT molecular complexity index is 622. The third-order valence-electron chi connectivity index (χ3n) is 4.33. The average Bonchev–Trinajstić information content (AvgIpc) is 2.72. The second kappa shape index (κ2) is 5.75. The molecule has 0 aromatic heterocycles. The van der Waals surface area contributed by atoms with Crippen molar-refractivity contribution in [3.8, 4) is 5.75 Å². The van der Waals surface area contributed by atoms with Gasteiger partial charge in [0.05, 0.1) is 4.90 Å². The molecular formula is C14H18F2N2O3S. The Labute approximate surface area is 128 Å². The van der Waals surface area contributed by atoms with Crippen LogP contribution in [0.3, 0.4) is 0 Å². The van der Waals surface area contributed by atoms with E-state index in [1.54, 1.807) is 4.31 Å². The Morgan fingerprint density at radius 1 is 1.14 bits per heavy atom. The molecule has 0 spiro atoms. The number of nitrogens with two attached hydrogens (primary N) is 1. The molecule has 1 aromatic rings. The number of nitrogens with zero attached hydrogens (tertiary/aromatic N) is 1. The fourth-order valence-corrected chi connectivity index (χ4v) is 5.37. The molecule has 3 rings (SSSR count). The van der Waals surface area contributed by atoms with Crippen molar-refractivity contribution in [1.29, 1.82) is 0 Å². The lowest BCUT2D eigenvalue weighted by Gasteiger charge is -2.36. The van der Waals surface area contributed by atoms with Crippen LogP contribution < -0.4 is 10.5 Å². The first-order valence-corrected chi connectivity index (χ1v) is 8.66. The third-order valence-corrected chi connectivity index (χ3v) is 6.35. The molecule has 0 saturated carbocycles. The zero-order valence-corrected chi connectivity index (χ0v) is 12.7. The van der Waals surface area contributed by atoms with E-state index in [0.29, 0.717) is 12.8 Å². The Morgan fingerprint density at radius 3 is 2.18 bits per heavy atom. The van der Waals surface area contributed by atoms with Crippen LogP contribution in [0.2, 0.25) is 0 Å². The zero-order valence-electron chi connectivity index (χ0n) is 11.9. The Hall–Kier alpha value is -1.25. The highest BCUT2D eigenvalue weighted by molar-refractivity contribution is 7.89. The second-order valence-electron chi connectivity index (χ2n) is 5.80. The molecule has 3 atom stereocenters. The number of halogens is 2. The molecule has 22 heavy (non-hydrogen) atoms. The van der Waals surface area contributed by atoms with Gasteiger partial charge in [0, 0.05) is 18.1 Å². The van der Waals surface area contributed by atoms with Crippen molar-refractivity contribution < 1.29 is 21.9 Å². The van der Waals surface area contributed by atoms with Gasteiger partial charge in [0.25, 0.3) is 0 Å². The van der Waals surface area contributed by atoms with E-state index in [1.807, 2.05) is 0 Å². The summed E-state index contributed by atoms with van der Waals surface area (Å²) in [7, 11) is -3.63. The summed E-state index contributed by atoms with van der Waals surface area (Å²) < 4.78 is 55.6. The predicted molar refractivity (Wildman–Crippen MR) is 76.1 cm³/mol. The monoisotopic (exact) mass is 332 g/mol. The van der Waals surface area contributed by atoms with Crippen LogP contribution in [0.15, 0.2) is 29.2 Å². The molecule has 122 valence electrons. The largest absolute Gasteiger partial charge is 0.435 e. The summed E-state index contributed by atoms with van der Waals surface area (Å²) >= 11 is 0. The van der Waals surface area contributed by atoms with Crippen LogP contribution in [0.4, 0.5) is 8.78 Å². The highest BCUT2D eigenvalue weighted by Crippen LogP contribution is 2.39. The summed E-state index contributed by atoms with van der Waals surface area (Å²) in [5.41, 5.74) is 5.96. The van der Waals surface area contributed by atoms with Gasteiger partial charge in [-0.1, -0.05) is 0 Å². The number of hydrogen-bond acceptors (Lipinski definition) is 4. The van der Waals surface area contributed by atoms with E-state index in [1.165, 1.54) is 24.3 Å². The zero-order chi connectivity index (χ0) is 15.9. The lowest BCUT2D eigenvalue weighted by atomic mass is 10.0. The maximum absolute atomic E-state index is 12.8. The molecule has 2 aliphatic heterocycles. The SMILES string of the molecule is NC1C[C@H]2CC[C@@H](C1)N2S(=O)(=O)c1ccc(OC(F)F)cc1. The molecular weight excluding hydrogens is 314 g/mol. The number of benzene rings is 1. The van der Waals surface area contributed by atoms with Crippen LogP contribution >= 0.6 is 0 Å². The van der Waals surface area contributed by atoms with E-state index >= 15 is 0 Å². The van der Waals surface area contributed by atoms with Crippen LogP contribution in [-0.4, -0.2) is 37.5 Å². The normalized spacial score (nSPS) is 29.0. The molecule has 1 aromatic carbocycles. The summed E-state index contributed by atoms with van der Waals surface area (Å²) in [6, 6.07) is 5.03. The molecule has 2 saturated heterocycles. The molecule has 5 nitrogen and oxygen atoms in total. The van der Waals surface area contributed by atoms with E-state index in [9.17, 15) is 17.2 Å². The number of hydrogen-bond donors (Lipinski definition) is 1. The average molecular weight is 332 g/mol. The molecule has 1 unspecified atom stereocenters. The predicted octanol–water partition coefficient (Wildman–Crippen LogP) is 1.93. The third kappa shape index (κ3) is 2.82. The number of ether oxygens (including phenoxy) is 1. The van der Waals surface area contributed by atoms with E-state index in [2.05, 4.69) is 4.74 Å². The maximum Gasteiger partial charge on any atom is 0.387 e. The fourth-order valence-electron chi connectivity index (χ4n) is 3.48. The number of rotatable bonds is 4. The van der Waals surface area contributed by atoms with Crippen molar-refractivity contribution in [2.45, 2.75) is 55.3 Å². The number of fused-ring (bicyclic) bond motifs is 2. The molecule has 2 heterocycles. The van der Waals surface area contributed by atoms with Gasteiger partial charge in [0.15, 0.2) is 0 Å². The molecule has 0 amide bonds. The number of sulfonamides is 1. The van der Waals surface area contributed by atoms with Gasteiger partial charge in [0.1, 0.15) is 5.75 Å². The standard InChI is InChI=1S/C14H18F2N2O3S/c15-14(16)21-12-3-5-13(6-4-12)22(19,20)18-10-1-2-11(18)8-9(17)7-10/h3-6,9-11,14H,1-2,7-8,17H2/t9?,10-,11+. The molecule has 0 aliphatic carbocycles. The van der Waals surface area contributed by atoms with Crippen LogP contribution in [0, 0.1) is 0 Å². The lowest BCUT2D eigenvalue weighted by Crippen LogP contribution is -2.49. The van der Waals surface area contributed by atoms with Crippen molar-refractivity contribution in [2.75, 3.05) is 0 Å². The quantitative estimate of drug-likeness (QED) is 0.914. The first-order valence-electron chi connectivity index (χ1n) is 7.22. The van der Waals surface area contributed by atoms with Gasteiger partial charge in [-0.15, -0.1) is 0 Å². The van der Waals surface area contributed by atoms with Crippen LogP contribution in [0.25, 0.3) is 0 Å². The van der Waals surface area contributed by atoms with Crippen molar-refractivity contribution in [3.63, 3.8) is 0 Å². The lowest BCUT2D eigenvalue weighted by molar-refractivity contribution is -0.0498. The van der Waals surface area contributed by atoms with Crippen molar-refractivity contribution in [2.24, 2.45) is 5.73 Å².